The van der Waals surface area contributed by atoms with Gasteiger partial charge in [-0.2, -0.15) is 17.9 Å². The number of hydrogen-bond donors (Lipinski definition) is 1. The van der Waals surface area contributed by atoms with Crippen LogP contribution < -0.4 is 4.72 Å². The van der Waals surface area contributed by atoms with Crippen molar-refractivity contribution in [1.82, 2.24) is 4.72 Å². The van der Waals surface area contributed by atoms with Crippen LogP contribution in [0.4, 0.5) is 13.2 Å². The number of carbonyl (C=O) groups excluding carboxylic acids is 1. The summed E-state index contributed by atoms with van der Waals surface area (Å²) in [5, 5.41) is 0. The number of rotatable bonds is 5. The summed E-state index contributed by atoms with van der Waals surface area (Å²) < 4.78 is 69.9. The van der Waals surface area contributed by atoms with Crippen molar-refractivity contribution in [1.29, 1.82) is 0 Å². The van der Waals surface area contributed by atoms with Gasteiger partial charge in [-0.25, -0.2) is 13.2 Å². The number of methoxy groups -OCH3 is 1. The molecule has 0 radical (unpaired) electrons. The van der Waals surface area contributed by atoms with Crippen LogP contribution in [0.3, 0.4) is 0 Å². The lowest BCUT2D eigenvalue weighted by Gasteiger charge is -2.17. The molecular formula is C16H14F3NO4S. The zero-order valence-corrected chi connectivity index (χ0v) is 13.8. The topological polar surface area (TPSA) is 72.5 Å². The van der Waals surface area contributed by atoms with Gasteiger partial charge in [-0.3, -0.25) is 0 Å². The molecule has 0 saturated heterocycles. The average molecular weight is 373 g/mol. The van der Waals surface area contributed by atoms with Gasteiger partial charge in [0.15, 0.2) is 0 Å². The van der Waals surface area contributed by atoms with Gasteiger partial charge in [0, 0.05) is 0 Å². The third-order valence-electron chi connectivity index (χ3n) is 3.31. The van der Waals surface area contributed by atoms with E-state index < -0.39 is 38.7 Å². The summed E-state index contributed by atoms with van der Waals surface area (Å²) in [6.07, 6.45) is -4.69. The molecule has 25 heavy (non-hydrogen) atoms. The highest BCUT2D eigenvalue weighted by molar-refractivity contribution is 7.89. The van der Waals surface area contributed by atoms with Crippen molar-refractivity contribution < 1.29 is 31.1 Å². The largest absolute Gasteiger partial charge is 0.468 e. The van der Waals surface area contributed by atoms with Gasteiger partial charge in [-0.1, -0.05) is 36.4 Å². The lowest BCUT2D eigenvalue weighted by Crippen LogP contribution is -2.34. The highest BCUT2D eigenvalue weighted by Gasteiger charge is 2.33. The van der Waals surface area contributed by atoms with Crippen molar-refractivity contribution in [2.24, 2.45) is 0 Å². The molecule has 0 aliphatic rings. The van der Waals surface area contributed by atoms with Crippen molar-refractivity contribution in [3.05, 3.63) is 65.7 Å². The molecule has 5 nitrogen and oxygen atoms in total. The third-order valence-corrected chi connectivity index (χ3v) is 4.73. The first-order chi connectivity index (χ1) is 11.6. The van der Waals surface area contributed by atoms with Gasteiger partial charge in [0.05, 0.1) is 17.6 Å². The second-order valence-corrected chi connectivity index (χ2v) is 6.73. The molecule has 1 atom stereocenters. The van der Waals surface area contributed by atoms with Gasteiger partial charge >= 0.3 is 12.1 Å². The number of alkyl halides is 3. The van der Waals surface area contributed by atoms with Crippen LogP contribution in [0.1, 0.15) is 17.2 Å². The second-order valence-electron chi connectivity index (χ2n) is 5.01. The van der Waals surface area contributed by atoms with Crippen molar-refractivity contribution in [3.8, 4) is 0 Å². The fourth-order valence-electron chi connectivity index (χ4n) is 2.08. The SMILES string of the molecule is COC(=O)[C@H](NS(=O)(=O)c1cccc(C(F)(F)F)c1)c1ccccc1. The van der Waals surface area contributed by atoms with Gasteiger partial charge in [-0.15, -0.1) is 0 Å². The van der Waals surface area contributed by atoms with Crippen molar-refractivity contribution in [2.45, 2.75) is 17.1 Å². The van der Waals surface area contributed by atoms with E-state index in [4.69, 9.17) is 0 Å². The van der Waals surface area contributed by atoms with Crippen molar-refractivity contribution in [2.75, 3.05) is 7.11 Å². The van der Waals surface area contributed by atoms with Gasteiger partial charge in [-0.05, 0) is 23.8 Å². The molecule has 0 spiro atoms. The van der Waals surface area contributed by atoms with Crippen LogP contribution in [0.25, 0.3) is 0 Å². The fourth-order valence-corrected chi connectivity index (χ4v) is 3.30. The minimum atomic E-state index is -4.69. The molecule has 2 rings (SSSR count). The molecule has 0 heterocycles. The molecule has 0 aliphatic carbocycles. The lowest BCUT2D eigenvalue weighted by molar-refractivity contribution is -0.142. The molecule has 0 amide bonds. The van der Waals surface area contributed by atoms with Crippen LogP contribution in [-0.2, 0) is 25.7 Å². The summed E-state index contributed by atoms with van der Waals surface area (Å²) in [6.45, 7) is 0. The molecule has 0 aliphatic heterocycles. The zero-order valence-electron chi connectivity index (χ0n) is 12.9. The van der Waals surface area contributed by atoms with E-state index in [1.165, 1.54) is 12.1 Å². The third kappa shape index (κ3) is 4.58. The van der Waals surface area contributed by atoms with Crippen LogP contribution in [0.15, 0.2) is 59.5 Å². The summed E-state index contributed by atoms with van der Waals surface area (Å²) in [5.41, 5.74) is -0.811. The van der Waals surface area contributed by atoms with E-state index in [0.29, 0.717) is 11.6 Å². The number of nitrogens with one attached hydrogen (secondary N) is 1. The molecule has 2 aromatic carbocycles. The predicted molar refractivity (Wildman–Crippen MR) is 83.0 cm³/mol. The van der Waals surface area contributed by atoms with E-state index in [2.05, 4.69) is 9.46 Å². The average Bonchev–Trinajstić information content (AvgIpc) is 2.59. The quantitative estimate of drug-likeness (QED) is 0.818. The summed E-state index contributed by atoms with van der Waals surface area (Å²) >= 11 is 0. The monoisotopic (exact) mass is 373 g/mol. The number of benzene rings is 2. The van der Waals surface area contributed by atoms with Gasteiger partial charge in [0.1, 0.15) is 6.04 Å². The van der Waals surface area contributed by atoms with Crippen molar-refractivity contribution >= 4 is 16.0 Å². The van der Waals surface area contributed by atoms with Crippen molar-refractivity contribution in [3.63, 3.8) is 0 Å². The van der Waals surface area contributed by atoms with Crippen LogP contribution in [0.2, 0.25) is 0 Å². The highest BCUT2D eigenvalue weighted by Crippen LogP contribution is 2.30. The summed E-state index contributed by atoms with van der Waals surface area (Å²) in [4.78, 5) is 11.3. The molecule has 0 bridgehead atoms. The second kappa shape index (κ2) is 7.24. The number of carbonyl (C=O) groups is 1. The predicted octanol–water partition coefficient (Wildman–Crippen LogP) is 2.90. The first kappa shape index (κ1) is 18.9. The Morgan fingerprint density at radius 3 is 2.28 bits per heavy atom. The maximum atomic E-state index is 12.8. The smallest absolute Gasteiger partial charge is 0.416 e. The van der Waals surface area contributed by atoms with E-state index in [-0.39, 0.29) is 0 Å². The van der Waals surface area contributed by atoms with E-state index in [1.54, 1.807) is 18.2 Å². The number of halogens is 3. The van der Waals surface area contributed by atoms with Crippen LogP contribution in [0, 0.1) is 0 Å². The van der Waals surface area contributed by atoms with Gasteiger partial charge in [0.2, 0.25) is 10.0 Å². The van der Waals surface area contributed by atoms with Gasteiger partial charge < -0.3 is 4.74 Å². The first-order valence-corrected chi connectivity index (χ1v) is 8.46. The fraction of sp³-hybridized carbons (Fsp3) is 0.188. The number of hydrogen-bond acceptors (Lipinski definition) is 4. The Kier molecular flexibility index (Phi) is 5.48. The van der Waals surface area contributed by atoms with Crippen LogP contribution >= 0.6 is 0 Å². The molecule has 0 unspecified atom stereocenters. The molecular weight excluding hydrogens is 359 g/mol. The highest BCUT2D eigenvalue weighted by atomic mass is 32.2. The Morgan fingerprint density at radius 2 is 1.72 bits per heavy atom. The van der Waals surface area contributed by atoms with E-state index in [0.717, 1.165) is 25.3 Å². The summed E-state index contributed by atoms with van der Waals surface area (Å²) in [7, 11) is -3.32. The lowest BCUT2D eigenvalue weighted by atomic mass is 10.1. The molecule has 0 saturated carbocycles. The minimum Gasteiger partial charge on any atom is -0.468 e. The Morgan fingerprint density at radius 1 is 1.08 bits per heavy atom. The normalized spacial score (nSPS) is 13.3. The number of ether oxygens (including phenoxy) is 1. The minimum absolute atomic E-state index is 0.296. The van der Waals surface area contributed by atoms with Crippen LogP contribution in [0.5, 0.6) is 0 Å². The van der Waals surface area contributed by atoms with E-state index in [1.807, 2.05) is 0 Å². The first-order valence-electron chi connectivity index (χ1n) is 6.97. The molecule has 9 heteroatoms. The molecule has 2 aromatic rings. The number of esters is 1. The number of sulfonamides is 1. The molecule has 0 aromatic heterocycles. The zero-order chi connectivity index (χ0) is 18.7. The summed E-state index contributed by atoms with van der Waals surface area (Å²) in [5.74, 6) is -0.887. The van der Waals surface area contributed by atoms with Crippen LogP contribution in [-0.4, -0.2) is 21.5 Å². The maximum Gasteiger partial charge on any atom is 0.416 e. The van der Waals surface area contributed by atoms with E-state index >= 15 is 0 Å². The molecule has 0 fully saturated rings. The summed E-state index contributed by atoms with van der Waals surface area (Å²) in [6, 6.07) is 9.70. The maximum absolute atomic E-state index is 12.8. The Labute approximate surface area is 142 Å². The Hall–Kier alpha value is -2.39. The Balaban J connectivity index is 2.40. The van der Waals surface area contributed by atoms with E-state index in [9.17, 15) is 26.4 Å². The van der Waals surface area contributed by atoms with Gasteiger partial charge in [0.25, 0.3) is 0 Å². The molecule has 1 N–H and O–H groups in total. The molecule has 134 valence electrons. The standard InChI is InChI=1S/C16H14F3NO4S/c1-24-15(21)14(11-6-3-2-4-7-11)20-25(22,23)13-9-5-8-12(10-13)16(17,18)19/h2-10,14,20H,1H3/t14-/m1/s1. The Bertz CT molecular complexity index is 851.